The highest BCUT2D eigenvalue weighted by Gasteiger charge is 2.25. The van der Waals surface area contributed by atoms with Crippen LogP contribution in [-0.2, 0) is 10.8 Å². The first-order valence-corrected chi connectivity index (χ1v) is 5.76. The predicted molar refractivity (Wildman–Crippen MR) is 48.9 cm³/mol. The molecule has 0 aliphatic heterocycles. The molecule has 0 radical (unpaired) electrons. The number of hydrogen-bond acceptors (Lipinski definition) is 2. The van der Waals surface area contributed by atoms with E-state index in [4.69, 9.17) is 5.73 Å². The molecule has 3 heteroatoms. The van der Waals surface area contributed by atoms with Crippen molar-refractivity contribution in [3.05, 3.63) is 0 Å². The lowest BCUT2D eigenvalue weighted by Gasteiger charge is -2.27. The normalized spacial score (nSPS) is 35.1. The van der Waals surface area contributed by atoms with Crippen molar-refractivity contribution >= 4 is 10.8 Å². The summed E-state index contributed by atoms with van der Waals surface area (Å²) in [5.74, 6) is 0.762. The molecule has 1 saturated carbocycles. The first-order valence-electron chi connectivity index (χ1n) is 4.38. The maximum atomic E-state index is 11.4. The van der Waals surface area contributed by atoms with Gasteiger partial charge in [0.1, 0.15) is 0 Å². The SMILES string of the molecule is CC[S@](=O)[C@@H]1CCCC[C@@H]1N. The summed E-state index contributed by atoms with van der Waals surface area (Å²) in [5, 5.41) is 0.286. The molecule has 1 rings (SSSR count). The Labute approximate surface area is 71.0 Å². The van der Waals surface area contributed by atoms with Gasteiger partial charge in [0, 0.05) is 27.8 Å². The van der Waals surface area contributed by atoms with E-state index in [2.05, 4.69) is 0 Å². The number of hydrogen-bond donors (Lipinski definition) is 1. The first kappa shape index (κ1) is 9.20. The van der Waals surface area contributed by atoms with Crippen LogP contribution in [0.5, 0.6) is 0 Å². The Morgan fingerprint density at radius 2 is 2.09 bits per heavy atom. The Balaban J connectivity index is 2.47. The third-order valence-electron chi connectivity index (χ3n) is 2.38. The summed E-state index contributed by atoms with van der Waals surface area (Å²) >= 11 is 0. The second-order valence-electron chi connectivity index (χ2n) is 3.16. The first-order chi connectivity index (χ1) is 5.25. The maximum Gasteiger partial charge on any atom is 0.0498 e. The fourth-order valence-electron chi connectivity index (χ4n) is 1.67. The van der Waals surface area contributed by atoms with Gasteiger partial charge in [-0.1, -0.05) is 19.8 Å². The lowest BCUT2D eigenvalue weighted by atomic mass is 9.96. The van der Waals surface area contributed by atoms with E-state index in [1.54, 1.807) is 0 Å². The topological polar surface area (TPSA) is 43.1 Å². The van der Waals surface area contributed by atoms with Crippen LogP contribution < -0.4 is 5.73 Å². The van der Waals surface area contributed by atoms with E-state index < -0.39 is 10.8 Å². The van der Waals surface area contributed by atoms with E-state index in [1.165, 1.54) is 12.8 Å². The lowest BCUT2D eigenvalue weighted by molar-refractivity contribution is 0.445. The monoisotopic (exact) mass is 175 g/mol. The van der Waals surface area contributed by atoms with Crippen LogP contribution in [0.4, 0.5) is 0 Å². The molecule has 3 atom stereocenters. The summed E-state index contributed by atoms with van der Waals surface area (Å²) in [4.78, 5) is 0. The lowest BCUT2D eigenvalue weighted by Crippen LogP contribution is -2.40. The van der Waals surface area contributed by atoms with Crippen molar-refractivity contribution in [2.45, 2.75) is 43.9 Å². The molecule has 0 heterocycles. The molecule has 0 unspecified atom stereocenters. The minimum atomic E-state index is -0.669. The van der Waals surface area contributed by atoms with E-state index in [0.29, 0.717) is 0 Å². The molecule has 0 aromatic carbocycles. The average molecular weight is 175 g/mol. The van der Waals surface area contributed by atoms with Crippen LogP contribution in [0, 0.1) is 0 Å². The molecular formula is C8H17NOS. The van der Waals surface area contributed by atoms with Crippen LogP contribution in [0.15, 0.2) is 0 Å². The number of nitrogens with two attached hydrogens (primary N) is 1. The Morgan fingerprint density at radius 1 is 1.45 bits per heavy atom. The van der Waals surface area contributed by atoms with E-state index >= 15 is 0 Å². The summed E-state index contributed by atoms with van der Waals surface area (Å²) in [7, 11) is -0.669. The standard InChI is InChI=1S/C8H17NOS/c1-2-11(10)8-6-4-3-5-7(8)9/h7-8H,2-6,9H2,1H3/t7-,8+,11-/m0/s1. The number of rotatable bonds is 2. The van der Waals surface area contributed by atoms with Crippen LogP contribution in [0.25, 0.3) is 0 Å². The van der Waals surface area contributed by atoms with Gasteiger partial charge in [0.2, 0.25) is 0 Å². The van der Waals surface area contributed by atoms with Gasteiger partial charge < -0.3 is 5.73 Å². The van der Waals surface area contributed by atoms with Crippen molar-refractivity contribution in [2.24, 2.45) is 5.73 Å². The van der Waals surface area contributed by atoms with Crippen LogP contribution in [-0.4, -0.2) is 21.3 Å². The van der Waals surface area contributed by atoms with E-state index in [0.717, 1.165) is 18.6 Å². The molecule has 0 spiro atoms. The van der Waals surface area contributed by atoms with Crippen molar-refractivity contribution < 1.29 is 4.21 Å². The summed E-state index contributed by atoms with van der Waals surface area (Å²) < 4.78 is 11.4. The Hall–Kier alpha value is 0.110. The van der Waals surface area contributed by atoms with Crippen molar-refractivity contribution in [1.82, 2.24) is 0 Å². The van der Waals surface area contributed by atoms with Crippen LogP contribution in [0.1, 0.15) is 32.6 Å². The molecule has 1 aliphatic carbocycles. The van der Waals surface area contributed by atoms with Crippen molar-refractivity contribution in [1.29, 1.82) is 0 Å². The summed E-state index contributed by atoms with van der Waals surface area (Å²) in [5.41, 5.74) is 5.86. The van der Waals surface area contributed by atoms with E-state index in [9.17, 15) is 4.21 Å². The highest BCUT2D eigenvalue weighted by Crippen LogP contribution is 2.21. The molecule has 66 valence electrons. The largest absolute Gasteiger partial charge is 0.327 e. The summed E-state index contributed by atoms with van der Waals surface area (Å²) in [6.45, 7) is 1.97. The maximum absolute atomic E-state index is 11.4. The van der Waals surface area contributed by atoms with Gasteiger partial charge in [-0.25, -0.2) is 0 Å². The molecule has 1 aliphatic rings. The smallest absolute Gasteiger partial charge is 0.0498 e. The molecular weight excluding hydrogens is 158 g/mol. The van der Waals surface area contributed by atoms with Crippen LogP contribution >= 0.6 is 0 Å². The van der Waals surface area contributed by atoms with Gasteiger partial charge in [-0.05, 0) is 12.8 Å². The highest BCUT2D eigenvalue weighted by atomic mass is 32.2. The zero-order chi connectivity index (χ0) is 8.27. The molecule has 0 aromatic heterocycles. The third-order valence-corrected chi connectivity index (χ3v) is 4.21. The Morgan fingerprint density at radius 3 is 2.64 bits per heavy atom. The molecule has 1 fully saturated rings. The van der Waals surface area contributed by atoms with Crippen LogP contribution in [0.2, 0.25) is 0 Å². The fraction of sp³-hybridized carbons (Fsp3) is 1.00. The summed E-state index contributed by atoms with van der Waals surface area (Å²) in [6, 6.07) is 0.199. The van der Waals surface area contributed by atoms with Gasteiger partial charge in [-0.3, -0.25) is 4.21 Å². The molecule has 0 saturated heterocycles. The third kappa shape index (κ3) is 2.27. The zero-order valence-electron chi connectivity index (χ0n) is 7.08. The molecule has 2 N–H and O–H groups in total. The highest BCUT2D eigenvalue weighted by molar-refractivity contribution is 7.85. The van der Waals surface area contributed by atoms with E-state index in [-0.39, 0.29) is 11.3 Å². The summed E-state index contributed by atoms with van der Waals surface area (Å²) in [6.07, 6.45) is 4.57. The second-order valence-corrected chi connectivity index (χ2v) is 5.10. The predicted octanol–water partition coefficient (Wildman–Crippen LogP) is 1.02. The van der Waals surface area contributed by atoms with Crippen LogP contribution in [0.3, 0.4) is 0 Å². The van der Waals surface area contributed by atoms with Crippen molar-refractivity contribution in [3.8, 4) is 0 Å². The Kier molecular flexibility index (Phi) is 3.52. The molecule has 2 nitrogen and oxygen atoms in total. The average Bonchev–Trinajstić information content (AvgIpc) is 2.04. The minimum absolute atomic E-state index is 0.199. The zero-order valence-corrected chi connectivity index (χ0v) is 7.90. The van der Waals surface area contributed by atoms with Gasteiger partial charge in [-0.2, -0.15) is 0 Å². The van der Waals surface area contributed by atoms with Crippen molar-refractivity contribution in [2.75, 3.05) is 5.75 Å². The van der Waals surface area contributed by atoms with Gasteiger partial charge in [0.05, 0.1) is 0 Å². The molecule has 0 bridgehead atoms. The minimum Gasteiger partial charge on any atom is -0.327 e. The van der Waals surface area contributed by atoms with Gasteiger partial charge in [-0.15, -0.1) is 0 Å². The quantitative estimate of drug-likeness (QED) is 0.681. The van der Waals surface area contributed by atoms with Crippen molar-refractivity contribution in [3.63, 3.8) is 0 Å². The molecule has 0 amide bonds. The van der Waals surface area contributed by atoms with Gasteiger partial charge in [0.15, 0.2) is 0 Å². The fourth-order valence-corrected chi connectivity index (χ4v) is 3.05. The second kappa shape index (κ2) is 4.21. The Bertz CT molecular complexity index is 149. The van der Waals surface area contributed by atoms with E-state index in [1.807, 2.05) is 6.92 Å². The molecule has 11 heavy (non-hydrogen) atoms. The van der Waals surface area contributed by atoms with Gasteiger partial charge in [0.25, 0.3) is 0 Å². The van der Waals surface area contributed by atoms with Gasteiger partial charge >= 0.3 is 0 Å². The molecule has 0 aromatic rings.